The van der Waals surface area contributed by atoms with Crippen LogP contribution >= 0.6 is 11.6 Å². The predicted molar refractivity (Wildman–Crippen MR) is 117 cm³/mol. The fourth-order valence-electron chi connectivity index (χ4n) is 3.16. The van der Waals surface area contributed by atoms with Gasteiger partial charge in [-0.15, -0.1) is 0 Å². The van der Waals surface area contributed by atoms with Crippen LogP contribution in [0.5, 0.6) is 0 Å². The van der Waals surface area contributed by atoms with Crippen LogP contribution < -0.4 is 10.6 Å². The summed E-state index contributed by atoms with van der Waals surface area (Å²) in [6.45, 7) is 3.96. The first-order chi connectivity index (χ1) is 13.9. The molecule has 0 aliphatic carbocycles. The van der Waals surface area contributed by atoms with Gasteiger partial charge in [0.05, 0.1) is 23.0 Å². The Morgan fingerprint density at radius 2 is 1.62 bits per heavy atom. The van der Waals surface area contributed by atoms with E-state index in [0.29, 0.717) is 10.6 Å². The van der Waals surface area contributed by atoms with Gasteiger partial charge in [-0.1, -0.05) is 71.8 Å². The van der Waals surface area contributed by atoms with E-state index >= 15 is 0 Å². The zero-order chi connectivity index (χ0) is 20.8. The molecule has 0 aliphatic heterocycles. The molecule has 0 heterocycles. The van der Waals surface area contributed by atoms with Gasteiger partial charge in [0.1, 0.15) is 0 Å². The highest BCUT2D eigenvalue weighted by Crippen LogP contribution is 2.22. The average Bonchev–Trinajstić information content (AvgIpc) is 2.70. The van der Waals surface area contributed by atoms with Gasteiger partial charge in [-0.25, -0.2) is 0 Å². The third-order valence-electron chi connectivity index (χ3n) is 4.67. The van der Waals surface area contributed by atoms with Gasteiger partial charge in [-0.2, -0.15) is 0 Å². The fraction of sp³-hybridized carbons (Fsp3) is 0.167. The smallest absolute Gasteiger partial charge is 0.253 e. The molecule has 3 aromatic rings. The van der Waals surface area contributed by atoms with Gasteiger partial charge in [0.25, 0.3) is 5.91 Å². The lowest BCUT2D eigenvalue weighted by atomic mass is 10.0. The van der Waals surface area contributed by atoms with Gasteiger partial charge >= 0.3 is 0 Å². The summed E-state index contributed by atoms with van der Waals surface area (Å²) < 4.78 is 0. The Morgan fingerprint density at radius 3 is 2.31 bits per heavy atom. The molecule has 2 N–H and O–H groups in total. The van der Waals surface area contributed by atoms with Crippen molar-refractivity contribution >= 4 is 29.1 Å². The molecule has 4 nitrogen and oxygen atoms in total. The Kier molecular flexibility index (Phi) is 6.68. The number of nitrogens with one attached hydrogen (secondary N) is 2. The van der Waals surface area contributed by atoms with Gasteiger partial charge < -0.3 is 10.6 Å². The topological polar surface area (TPSA) is 58.2 Å². The van der Waals surface area contributed by atoms with Gasteiger partial charge in [-0.3, -0.25) is 9.59 Å². The Bertz CT molecular complexity index is 1020. The maximum Gasteiger partial charge on any atom is 0.253 e. The molecule has 0 saturated heterocycles. The van der Waals surface area contributed by atoms with Gasteiger partial charge in [0, 0.05) is 5.69 Å². The summed E-state index contributed by atoms with van der Waals surface area (Å²) in [5.74, 6) is -0.492. The number of aryl methyl sites for hydroxylation is 2. The molecule has 0 saturated carbocycles. The number of rotatable bonds is 6. The fourth-order valence-corrected chi connectivity index (χ4v) is 3.38. The molecule has 0 bridgehead atoms. The Balaban J connectivity index is 1.78. The average molecular weight is 407 g/mol. The van der Waals surface area contributed by atoms with Crippen LogP contribution in [0.25, 0.3) is 0 Å². The highest BCUT2D eigenvalue weighted by atomic mass is 35.5. The van der Waals surface area contributed by atoms with Crippen LogP contribution in [0, 0.1) is 13.8 Å². The van der Waals surface area contributed by atoms with Crippen LogP contribution in [0.15, 0.2) is 72.8 Å². The monoisotopic (exact) mass is 406 g/mol. The molecule has 0 aliphatic rings. The number of amides is 2. The molecule has 0 radical (unpaired) electrons. The van der Waals surface area contributed by atoms with Crippen molar-refractivity contribution in [1.29, 1.82) is 0 Å². The van der Waals surface area contributed by atoms with E-state index < -0.39 is 6.04 Å². The van der Waals surface area contributed by atoms with E-state index in [1.54, 1.807) is 24.3 Å². The second-order valence-corrected chi connectivity index (χ2v) is 7.39. The quantitative estimate of drug-likeness (QED) is 0.571. The molecular weight excluding hydrogens is 384 g/mol. The number of carbonyl (C=O) groups is 2. The van der Waals surface area contributed by atoms with Crippen LogP contribution in [0.2, 0.25) is 5.02 Å². The first kappa shape index (κ1) is 20.6. The Morgan fingerprint density at radius 1 is 0.931 bits per heavy atom. The van der Waals surface area contributed by atoms with Crippen LogP contribution in [-0.4, -0.2) is 11.8 Å². The highest BCUT2D eigenvalue weighted by molar-refractivity contribution is 6.33. The van der Waals surface area contributed by atoms with Crippen LogP contribution in [-0.2, 0) is 4.79 Å². The van der Waals surface area contributed by atoms with Gasteiger partial charge in [0.2, 0.25) is 5.91 Å². The van der Waals surface area contributed by atoms with Crippen molar-refractivity contribution in [2.75, 3.05) is 5.32 Å². The number of carbonyl (C=O) groups excluding carboxylic acids is 2. The summed E-state index contributed by atoms with van der Waals surface area (Å²) >= 11 is 6.15. The van der Waals surface area contributed by atoms with Crippen LogP contribution in [0.4, 0.5) is 5.69 Å². The minimum atomic E-state index is -0.481. The molecular formula is C24H23ClN2O2. The second kappa shape index (κ2) is 9.39. The lowest BCUT2D eigenvalue weighted by Crippen LogP contribution is -2.31. The van der Waals surface area contributed by atoms with Crippen molar-refractivity contribution in [3.8, 4) is 0 Å². The summed E-state index contributed by atoms with van der Waals surface area (Å²) in [5.41, 5.74) is 4.13. The van der Waals surface area contributed by atoms with Crippen molar-refractivity contribution < 1.29 is 9.59 Å². The van der Waals surface area contributed by atoms with Crippen molar-refractivity contribution in [2.45, 2.75) is 26.3 Å². The standard InChI is InChI=1S/C24H23ClN2O2/c1-16-12-13-21(17(2)14-16)26-23(28)15-22(18-8-4-3-5-9-18)27-24(29)19-10-6-7-11-20(19)25/h3-14,22H,15H2,1-2H3,(H,26,28)(H,27,29)/t22-/m0/s1. The Hall–Kier alpha value is -3.11. The molecule has 5 heteroatoms. The lowest BCUT2D eigenvalue weighted by Gasteiger charge is -2.20. The number of halogens is 1. The highest BCUT2D eigenvalue weighted by Gasteiger charge is 2.20. The van der Waals surface area contributed by atoms with E-state index in [1.165, 1.54) is 0 Å². The molecule has 0 unspecified atom stereocenters. The molecule has 2 amide bonds. The third kappa shape index (κ3) is 5.46. The zero-order valence-corrected chi connectivity index (χ0v) is 17.2. The van der Waals surface area contributed by atoms with E-state index in [1.807, 2.05) is 62.4 Å². The first-order valence-electron chi connectivity index (χ1n) is 9.41. The zero-order valence-electron chi connectivity index (χ0n) is 16.4. The molecule has 3 rings (SSSR count). The number of benzene rings is 3. The number of hydrogen-bond acceptors (Lipinski definition) is 2. The van der Waals surface area contributed by atoms with Gasteiger partial charge in [-0.05, 0) is 43.2 Å². The summed E-state index contributed by atoms with van der Waals surface area (Å²) in [6, 6.07) is 21.7. The van der Waals surface area contributed by atoms with Crippen molar-refractivity contribution in [3.63, 3.8) is 0 Å². The van der Waals surface area contributed by atoms with Crippen LogP contribution in [0.3, 0.4) is 0 Å². The van der Waals surface area contributed by atoms with Crippen molar-refractivity contribution in [1.82, 2.24) is 5.32 Å². The summed E-state index contributed by atoms with van der Waals surface area (Å²) in [6.07, 6.45) is 0.105. The van der Waals surface area contributed by atoms with E-state index in [2.05, 4.69) is 10.6 Å². The number of anilines is 1. The molecule has 3 aromatic carbocycles. The van der Waals surface area contributed by atoms with Crippen LogP contribution in [0.1, 0.15) is 39.5 Å². The normalized spacial score (nSPS) is 11.6. The molecule has 148 valence electrons. The summed E-state index contributed by atoms with van der Waals surface area (Å²) in [4.78, 5) is 25.5. The SMILES string of the molecule is Cc1ccc(NC(=O)C[C@H](NC(=O)c2ccccc2Cl)c2ccccc2)c(C)c1. The third-order valence-corrected chi connectivity index (χ3v) is 5.00. The van der Waals surface area contributed by atoms with E-state index in [9.17, 15) is 9.59 Å². The maximum atomic E-state index is 12.8. The molecule has 29 heavy (non-hydrogen) atoms. The minimum absolute atomic E-state index is 0.105. The minimum Gasteiger partial charge on any atom is -0.345 e. The molecule has 0 aromatic heterocycles. The van der Waals surface area contributed by atoms with E-state index in [0.717, 1.165) is 22.4 Å². The Labute approximate surface area is 175 Å². The predicted octanol–water partition coefficient (Wildman–Crippen LogP) is 5.46. The maximum absolute atomic E-state index is 12.8. The summed E-state index contributed by atoms with van der Waals surface area (Å²) in [5, 5.41) is 6.26. The number of hydrogen-bond donors (Lipinski definition) is 2. The molecule has 1 atom stereocenters. The van der Waals surface area contributed by atoms with E-state index in [-0.39, 0.29) is 18.2 Å². The molecule has 0 spiro atoms. The van der Waals surface area contributed by atoms with E-state index in [4.69, 9.17) is 11.6 Å². The molecule has 0 fully saturated rings. The largest absolute Gasteiger partial charge is 0.345 e. The lowest BCUT2D eigenvalue weighted by molar-refractivity contribution is -0.116. The van der Waals surface area contributed by atoms with Crippen molar-refractivity contribution in [2.24, 2.45) is 0 Å². The summed E-state index contributed by atoms with van der Waals surface area (Å²) in [7, 11) is 0. The van der Waals surface area contributed by atoms with Gasteiger partial charge in [0.15, 0.2) is 0 Å². The van der Waals surface area contributed by atoms with Crippen molar-refractivity contribution in [3.05, 3.63) is 100 Å². The second-order valence-electron chi connectivity index (χ2n) is 6.99. The first-order valence-corrected chi connectivity index (χ1v) is 9.79.